The molecule has 0 spiro atoms. The average molecular weight is 323 g/mol. The predicted molar refractivity (Wildman–Crippen MR) is 87.4 cm³/mol. The van der Waals surface area contributed by atoms with E-state index in [2.05, 4.69) is 15.0 Å². The summed E-state index contributed by atoms with van der Waals surface area (Å²) >= 11 is 0. The van der Waals surface area contributed by atoms with Crippen LogP contribution in [0, 0.1) is 19.8 Å². The van der Waals surface area contributed by atoms with Gasteiger partial charge in [-0.1, -0.05) is 5.16 Å². The second-order valence-corrected chi connectivity index (χ2v) is 6.82. The fourth-order valence-electron chi connectivity index (χ4n) is 4.14. The summed E-state index contributed by atoms with van der Waals surface area (Å²) in [6.45, 7) is 10.0. The third kappa shape index (κ3) is 3.45. The van der Waals surface area contributed by atoms with Crippen molar-refractivity contribution in [1.29, 1.82) is 0 Å². The maximum atomic E-state index is 5.77. The summed E-state index contributed by atoms with van der Waals surface area (Å²) in [7, 11) is 3.62. The molecule has 1 aromatic rings. The fourth-order valence-corrected chi connectivity index (χ4v) is 4.14. The van der Waals surface area contributed by atoms with E-state index >= 15 is 0 Å². The molecule has 2 fully saturated rings. The molecular formula is C17H29N3O3. The Hall–Kier alpha value is -0.950. The molecule has 2 saturated heterocycles. The largest absolute Gasteiger partial charge is 0.383 e. The van der Waals surface area contributed by atoms with Crippen molar-refractivity contribution in [2.75, 3.05) is 47.0 Å². The third-order valence-electron chi connectivity index (χ3n) is 5.51. The van der Waals surface area contributed by atoms with Gasteiger partial charge < -0.3 is 14.0 Å². The third-order valence-corrected chi connectivity index (χ3v) is 5.51. The molecule has 23 heavy (non-hydrogen) atoms. The average Bonchev–Trinajstić information content (AvgIpc) is 3.11. The van der Waals surface area contributed by atoms with Crippen LogP contribution in [0.25, 0.3) is 0 Å². The quantitative estimate of drug-likeness (QED) is 0.790. The van der Waals surface area contributed by atoms with Crippen molar-refractivity contribution in [2.45, 2.75) is 39.0 Å². The lowest BCUT2D eigenvalue weighted by molar-refractivity contribution is -0.0246. The summed E-state index contributed by atoms with van der Waals surface area (Å²) in [5, 5.41) is 4.10. The minimum Gasteiger partial charge on any atom is -0.383 e. The molecule has 3 heterocycles. The van der Waals surface area contributed by atoms with Crippen LogP contribution in [-0.2, 0) is 16.0 Å². The molecule has 130 valence electrons. The van der Waals surface area contributed by atoms with E-state index in [9.17, 15) is 0 Å². The highest BCUT2D eigenvalue weighted by Crippen LogP contribution is 2.33. The van der Waals surface area contributed by atoms with Gasteiger partial charge in [0.15, 0.2) is 0 Å². The van der Waals surface area contributed by atoms with Crippen molar-refractivity contribution in [1.82, 2.24) is 15.0 Å². The van der Waals surface area contributed by atoms with Crippen molar-refractivity contribution < 1.29 is 14.0 Å². The molecule has 6 heteroatoms. The molecule has 2 aliphatic heterocycles. The molecule has 3 atom stereocenters. The summed E-state index contributed by atoms with van der Waals surface area (Å²) in [5.74, 6) is 1.52. The number of methoxy groups -OCH3 is 2. The zero-order valence-corrected chi connectivity index (χ0v) is 14.7. The topological polar surface area (TPSA) is 51.0 Å². The highest BCUT2D eigenvalue weighted by molar-refractivity contribution is 5.21. The van der Waals surface area contributed by atoms with Gasteiger partial charge in [-0.05, 0) is 20.3 Å². The number of aromatic nitrogens is 1. The Balaban J connectivity index is 1.72. The highest BCUT2D eigenvalue weighted by Gasteiger charge is 2.44. The first-order valence-corrected chi connectivity index (χ1v) is 8.54. The normalized spacial score (nSPS) is 29.1. The molecular weight excluding hydrogens is 294 g/mol. The molecule has 0 bridgehead atoms. The fraction of sp³-hybridized carbons (Fsp3) is 0.824. The Morgan fingerprint density at radius 3 is 2.74 bits per heavy atom. The van der Waals surface area contributed by atoms with Crippen LogP contribution in [0.3, 0.4) is 0 Å². The number of likely N-dealkylation sites (tertiary alicyclic amines) is 2. The van der Waals surface area contributed by atoms with Crippen LogP contribution in [-0.4, -0.2) is 74.1 Å². The zero-order valence-electron chi connectivity index (χ0n) is 14.7. The van der Waals surface area contributed by atoms with Gasteiger partial charge in [0.25, 0.3) is 0 Å². The maximum Gasteiger partial charge on any atom is 0.138 e. The standard InChI is InChI=1S/C17H29N3O3/c1-12-14(13(2)23-18-12)10-20-6-5-17(22-4)15-9-19(7-8-21-3)11-16(15)20/h15-17H,5-11H2,1-4H3/t15-,16+,17-/m1/s1. The van der Waals surface area contributed by atoms with Gasteiger partial charge in [0, 0.05) is 64.5 Å². The second kappa shape index (κ2) is 7.30. The summed E-state index contributed by atoms with van der Waals surface area (Å²) in [6, 6.07) is 0.541. The van der Waals surface area contributed by atoms with Crippen molar-refractivity contribution in [2.24, 2.45) is 5.92 Å². The molecule has 2 aliphatic rings. The minimum atomic E-state index is 0.369. The molecule has 0 unspecified atom stereocenters. The summed E-state index contributed by atoms with van der Waals surface area (Å²) < 4.78 is 16.4. The van der Waals surface area contributed by atoms with E-state index in [1.54, 1.807) is 7.11 Å². The van der Waals surface area contributed by atoms with Crippen molar-refractivity contribution in [3.8, 4) is 0 Å². The van der Waals surface area contributed by atoms with Crippen molar-refractivity contribution in [3.63, 3.8) is 0 Å². The first-order valence-electron chi connectivity index (χ1n) is 8.54. The molecule has 0 radical (unpaired) electrons. The molecule has 3 rings (SSSR count). The first kappa shape index (κ1) is 16.9. The number of nitrogens with zero attached hydrogens (tertiary/aromatic N) is 3. The molecule has 0 saturated carbocycles. The van der Waals surface area contributed by atoms with Crippen LogP contribution >= 0.6 is 0 Å². The monoisotopic (exact) mass is 323 g/mol. The highest BCUT2D eigenvalue weighted by atomic mass is 16.5. The number of aryl methyl sites for hydroxylation is 2. The van der Waals surface area contributed by atoms with Crippen LogP contribution in [0.15, 0.2) is 4.52 Å². The summed E-state index contributed by atoms with van der Waals surface area (Å²) in [5.41, 5.74) is 2.26. The summed E-state index contributed by atoms with van der Waals surface area (Å²) in [4.78, 5) is 5.11. The van der Waals surface area contributed by atoms with E-state index in [0.717, 1.165) is 57.2 Å². The van der Waals surface area contributed by atoms with E-state index in [-0.39, 0.29) is 0 Å². The molecule has 0 amide bonds. The Morgan fingerprint density at radius 1 is 1.26 bits per heavy atom. The second-order valence-electron chi connectivity index (χ2n) is 6.82. The number of fused-ring (bicyclic) bond motifs is 1. The van der Waals surface area contributed by atoms with Crippen molar-refractivity contribution in [3.05, 3.63) is 17.0 Å². The lowest BCUT2D eigenvalue weighted by Gasteiger charge is -2.41. The van der Waals surface area contributed by atoms with Crippen LogP contribution in [0.4, 0.5) is 0 Å². The van der Waals surface area contributed by atoms with E-state index < -0.39 is 0 Å². The van der Waals surface area contributed by atoms with Crippen molar-refractivity contribution >= 4 is 0 Å². The number of rotatable bonds is 6. The van der Waals surface area contributed by atoms with E-state index in [1.807, 2.05) is 21.0 Å². The SMILES string of the molecule is COCCN1C[C@H]2[C@H](OC)CCN(Cc3c(C)noc3C)[C@H]2C1. The van der Waals surface area contributed by atoms with Crippen LogP contribution in [0.2, 0.25) is 0 Å². The minimum absolute atomic E-state index is 0.369. The van der Waals surface area contributed by atoms with Gasteiger partial charge >= 0.3 is 0 Å². The van der Waals surface area contributed by atoms with E-state index in [4.69, 9.17) is 14.0 Å². The number of piperidine rings is 1. The van der Waals surface area contributed by atoms with Gasteiger partial charge in [-0.3, -0.25) is 9.80 Å². The smallest absolute Gasteiger partial charge is 0.138 e. The zero-order chi connectivity index (χ0) is 16.4. The van der Waals surface area contributed by atoms with Gasteiger partial charge in [0.2, 0.25) is 0 Å². The van der Waals surface area contributed by atoms with Crippen LogP contribution < -0.4 is 0 Å². The lowest BCUT2D eigenvalue weighted by atomic mass is 9.88. The molecule has 1 aromatic heterocycles. The molecule has 6 nitrogen and oxygen atoms in total. The molecule has 0 aliphatic carbocycles. The maximum absolute atomic E-state index is 5.77. The number of hydrogen-bond acceptors (Lipinski definition) is 6. The van der Waals surface area contributed by atoms with Crippen LogP contribution in [0.5, 0.6) is 0 Å². The van der Waals surface area contributed by atoms with E-state index in [1.165, 1.54) is 5.56 Å². The Labute approximate surface area is 138 Å². The predicted octanol–water partition coefficient (Wildman–Crippen LogP) is 1.46. The first-order chi connectivity index (χ1) is 11.1. The lowest BCUT2D eigenvalue weighted by Crippen LogP contribution is -2.50. The van der Waals surface area contributed by atoms with Gasteiger partial charge in [0.05, 0.1) is 18.4 Å². The Morgan fingerprint density at radius 2 is 2.09 bits per heavy atom. The van der Waals surface area contributed by atoms with Gasteiger partial charge in [-0.25, -0.2) is 0 Å². The Bertz CT molecular complexity index is 500. The van der Waals surface area contributed by atoms with E-state index in [0.29, 0.717) is 18.1 Å². The number of hydrogen-bond donors (Lipinski definition) is 0. The molecule has 0 aromatic carbocycles. The van der Waals surface area contributed by atoms with Gasteiger partial charge in [-0.15, -0.1) is 0 Å². The molecule has 0 N–H and O–H groups in total. The number of ether oxygens (including phenoxy) is 2. The Kier molecular flexibility index (Phi) is 5.36. The van der Waals surface area contributed by atoms with Gasteiger partial charge in [0.1, 0.15) is 5.76 Å². The van der Waals surface area contributed by atoms with Gasteiger partial charge in [-0.2, -0.15) is 0 Å². The summed E-state index contributed by atoms with van der Waals surface area (Å²) in [6.07, 6.45) is 1.47. The van der Waals surface area contributed by atoms with Crippen LogP contribution in [0.1, 0.15) is 23.4 Å².